The third-order valence-corrected chi connectivity index (χ3v) is 5.77. The molecule has 0 fully saturated rings. The van der Waals surface area contributed by atoms with Crippen LogP contribution in [0, 0.1) is 0 Å². The summed E-state index contributed by atoms with van der Waals surface area (Å²) in [7, 11) is 0. The molecule has 0 aliphatic carbocycles. The van der Waals surface area contributed by atoms with E-state index < -0.39 is 23.5 Å². The van der Waals surface area contributed by atoms with Crippen LogP contribution in [-0.4, -0.2) is 16.9 Å². The number of nitrogens with zero attached hydrogens (tertiary/aromatic N) is 1. The van der Waals surface area contributed by atoms with Crippen LogP contribution in [0.1, 0.15) is 47.6 Å². The zero-order valence-corrected chi connectivity index (χ0v) is 20.5. The fraction of sp³-hybridized carbons (Fsp3) is 0.241. The summed E-state index contributed by atoms with van der Waals surface area (Å²) >= 11 is 0. The standard InChI is InChI=1S/C29H26F6N2O/c1-20(5-2-6-21-7-4-18-36-19-21)37-27(38)9-3-8-26(22-10-14-24(15-11-22)28(30,31)32)23-12-16-25(17-13-23)29(33,34)35/h3-4,7-20H,2,5-6H2,1H3,(H,37,38)/b9-3+. The fourth-order valence-electron chi connectivity index (χ4n) is 3.79. The highest BCUT2D eigenvalue weighted by Gasteiger charge is 2.31. The highest BCUT2D eigenvalue weighted by molar-refractivity contribution is 5.89. The summed E-state index contributed by atoms with van der Waals surface area (Å²) in [5, 5.41) is 2.85. The molecule has 3 aromatic rings. The Morgan fingerprint density at radius 3 is 1.92 bits per heavy atom. The minimum Gasteiger partial charge on any atom is -0.350 e. The molecular formula is C29H26F6N2O. The van der Waals surface area contributed by atoms with Crippen LogP contribution < -0.4 is 5.32 Å². The summed E-state index contributed by atoms with van der Waals surface area (Å²) < 4.78 is 77.9. The van der Waals surface area contributed by atoms with Crippen molar-refractivity contribution in [1.82, 2.24) is 10.3 Å². The number of halogens is 6. The predicted molar refractivity (Wildman–Crippen MR) is 134 cm³/mol. The van der Waals surface area contributed by atoms with Gasteiger partial charge in [-0.25, -0.2) is 0 Å². The maximum absolute atomic E-state index is 13.0. The van der Waals surface area contributed by atoms with Crippen LogP contribution in [0.15, 0.2) is 91.3 Å². The topological polar surface area (TPSA) is 42.0 Å². The number of rotatable bonds is 9. The first-order chi connectivity index (χ1) is 17.9. The normalized spacial score (nSPS) is 12.8. The average Bonchev–Trinajstić information content (AvgIpc) is 2.86. The molecule has 0 saturated heterocycles. The molecule has 3 nitrogen and oxygen atoms in total. The Hall–Kier alpha value is -3.88. The van der Waals surface area contributed by atoms with Gasteiger partial charge in [0.15, 0.2) is 0 Å². The first-order valence-corrected chi connectivity index (χ1v) is 11.9. The second-order valence-corrected chi connectivity index (χ2v) is 8.75. The fourth-order valence-corrected chi connectivity index (χ4v) is 3.79. The first kappa shape index (κ1) is 28.7. The quantitative estimate of drug-likeness (QED) is 0.175. The van der Waals surface area contributed by atoms with E-state index in [0.29, 0.717) is 16.7 Å². The van der Waals surface area contributed by atoms with E-state index >= 15 is 0 Å². The van der Waals surface area contributed by atoms with E-state index in [4.69, 9.17) is 0 Å². The van der Waals surface area contributed by atoms with Crippen molar-refractivity contribution in [3.05, 3.63) is 119 Å². The molecule has 1 aromatic heterocycles. The molecule has 0 saturated carbocycles. The number of alkyl halides is 6. The van der Waals surface area contributed by atoms with Crippen LogP contribution in [-0.2, 0) is 23.6 Å². The van der Waals surface area contributed by atoms with Crippen molar-refractivity contribution >= 4 is 11.5 Å². The van der Waals surface area contributed by atoms with Crippen molar-refractivity contribution in [2.75, 3.05) is 0 Å². The Labute approximate surface area is 216 Å². The van der Waals surface area contributed by atoms with Crippen LogP contribution in [0.25, 0.3) is 5.57 Å². The maximum Gasteiger partial charge on any atom is 0.416 e. The Morgan fingerprint density at radius 1 is 0.895 bits per heavy atom. The molecule has 0 bridgehead atoms. The molecule has 1 N–H and O–H groups in total. The molecule has 1 amide bonds. The van der Waals surface area contributed by atoms with Gasteiger partial charge in [-0.3, -0.25) is 9.78 Å². The molecule has 0 spiro atoms. The average molecular weight is 533 g/mol. The summed E-state index contributed by atoms with van der Waals surface area (Å²) in [6.07, 6.45) is 1.04. The van der Waals surface area contributed by atoms with E-state index in [1.165, 1.54) is 42.5 Å². The van der Waals surface area contributed by atoms with Crippen LogP contribution in [0.4, 0.5) is 26.3 Å². The lowest BCUT2D eigenvalue weighted by Gasteiger charge is -2.13. The number of allylic oxidation sites excluding steroid dienone is 2. The summed E-state index contributed by atoms with van der Waals surface area (Å²) in [5.41, 5.74) is 0.482. The van der Waals surface area contributed by atoms with Gasteiger partial charge in [0.1, 0.15) is 0 Å². The van der Waals surface area contributed by atoms with E-state index in [0.717, 1.165) is 49.1 Å². The lowest BCUT2D eigenvalue weighted by atomic mass is 9.95. The van der Waals surface area contributed by atoms with Gasteiger partial charge in [0.05, 0.1) is 11.1 Å². The molecule has 3 rings (SSSR count). The van der Waals surface area contributed by atoms with Gasteiger partial charge in [0.25, 0.3) is 0 Å². The molecule has 1 heterocycles. The number of carbonyl (C=O) groups is 1. The monoisotopic (exact) mass is 532 g/mol. The molecule has 200 valence electrons. The van der Waals surface area contributed by atoms with Gasteiger partial charge in [-0.2, -0.15) is 26.3 Å². The van der Waals surface area contributed by atoms with E-state index in [1.807, 2.05) is 19.1 Å². The summed E-state index contributed by atoms with van der Waals surface area (Å²) in [5.74, 6) is -0.366. The number of carbonyl (C=O) groups excluding carboxylic acids is 1. The Kier molecular flexibility index (Phi) is 9.50. The molecule has 1 atom stereocenters. The molecule has 2 aromatic carbocycles. The van der Waals surface area contributed by atoms with E-state index in [1.54, 1.807) is 12.4 Å². The summed E-state index contributed by atoms with van der Waals surface area (Å²) in [6, 6.07) is 12.3. The zero-order chi connectivity index (χ0) is 27.8. The van der Waals surface area contributed by atoms with E-state index in [-0.39, 0.29) is 11.9 Å². The summed E-state index contributed by atoms with van der Waals surface area (Å²) in [6.45, 7) is 1.88. The second-order valence-electron chi connectivity index (χ2n) is 8.75. The predicted octanol–water partition coefficient (Wildman–Crippen LogP) is 7.63. The van der Waals surface area contributed by atoms with Gasteiger partial charge >= 0.3 is 12.4 Å². The highest BCUT2D eigenvalue weighted by Crippen LogP contribution is 2.33. The van der Waals surface area contributed by atoms with Gasteiger partial charge < -0.3 is 5.32 Å². The van der Waals surface area contributed by atoms with Crippen LogP contribution in [0.3, 0.4) is 0 Å². The Bertz CT molecular complexity index is 1190. The molecule has 0 aliphatic rings. The van der Waals surface area contributed by atoms with E-state index in [9.17, 15) is 31.1 Å². The van der Waals surface area contributed by atoms with Crippen molar-refractivity contribution in [3.8, 4) is 0 Å². The third kappa shape index (κ3) is 8.61. The number of hydrogen-bond acceptors (Lipinski definition) is 2. The molecule has 9 heteroatoms. The number of pyridine rings is 1. The molecule has 38 heavy (non-hydrogen) atoms. The minimum atomic E-state index is -4.52. The van der Waals surface area contributed by atoms with E-state index in [2.05, 4.69) is 10.3 Å². The van der Waals surface area contributed by atoms with Crippen LogP contribution in [0.2, 0.25) is 0 Å². The number of hydrogen-bond donors (Lipinski definition) is 1. The van der Waals surface area contributed by atoms with Gasteiger partial charge in [-0.1, -0.05) is 42.5 Å². The first-order valence-electron chi connectivity index (χ1n) is 11.9. The molecular weight excluding hydrogens is 506 g/mol. The van der Waals surface area contributed by atoms with Crippen molar-refractivity contribution in [3.63, 3.8) is 0 Å². The lowest BCUT2D eigenvalue weighted by Crippen LogP contribution is -2.31. The Balaban J connectivity index is 1.72. The Morgan fingerprint density at radius 2 is 1.45 bits per heavy atom. The third-order valence-electron chi connectivity index (χ3n) is 5.77. The number of aryl methyl sites for hydroxylation is 1. The van der Waals surface area contributed by atoms with Gasteiger partial charge in [-0.15, -0.1) is 0 Å². The second kappa shape index (κ2) is 12.6. The zero-order valence-electron chi connectivity index (χ0n) is 20.5. The van der Waals surface area contributed by atoms with Crippen LogP contribution >= 0.6 is 0 Å². The highest BCUT2D eigenvalue weighted by atomic mass is 19.4. The van der Waals surface area contributed by atoms with Crippen molar-refractivity contribution in [2.45, 2.75) is 44.6 Å². The molecule has 0 radical (unpaired) electrons. The van der Waals surface area contributed by atoms with Gasteiger partial charge in [0, 0.05) is 24.5 Å². The van der Waals surface area contributed by atoms with Crippen molar-refractivity contribution in [2.24, 2.45) is 0 Å². The van der Waals surface area contributed by atoms with Crippen LogP contribution in [0.5, 0.6) is 0 Å². The SMILES string of the molecule is CC(CCCc1cccnc1)NC(=O)/C=C/C=C(c1ccc(C(F)(F)F)cc1)c1ccc(C(F)(F)F)cc1. The number of amides is 1. The summed E-state index contributed by atoms with van der Waals surface area (Å²) in [4.78, 5) is 16.4. The maximum atomic E-state index is 13.0. The van der Waals surface area contributed by atoms with Crippen molar-refractivity contribution in [1.29, 1.82) is 0 Å². The minimum absolute atomic E-state index is 0.0999. The number of benzene rings is 2. The smallest absolute Gasteiger partial charge is 0.350 e. The van der Waals surface area contributed by atoms with Gasteiger partial charge in [0.2, 0.25) is 5.91 Å². The van der Waals surface area contributed by atoms with Crippen molar-refractivity contribution < 1.29 is 31.1 Å². The molecule has 1 unspecified atom stereocenters. The number of nitrogens with one attached hydrogen (secondary N) is 1. The lowest BCUT2D eigenvalue weighted by molar-refractivity contribution is -0.138. The van der Waals surface area contributed by atoms with Gasteiger partial charge in [-0.05, 0) is 78.8 Å². The largest absolute Gasteiger partial charge is 0.416 e. The molecule has 0 aliphatic heterocycles. The number of aromatic nitrogens is 1.